The zero-order valence-corrected chi connectivity index (χ0v) is 10.8. The molecule has 2 rings (SSSR count). The maximum Gasteiger partial charge on any atom is 0.231 e. The van der Waals surface area contributed by atoms with Crippen LogP contribution in [0.4, 0.5) is 5.69 Å². The fraction of sp³-hybridized carbons (Fsp3) is 0.417. The first-order valence-electron chi connectivity index (χ1n) is 5.36. The molecule has 2 atom stereocenters. The van der Waals surface area contributed by atoms with Crippen LogP contribution in [0.1, 0.15) is 43.4 Å². The van der Waals surface area contributed by atoms with Crippen molar-refractivity contribution in [2.24, 2.45) is 0 Å². The molecule has 0 radical (unpaired) electrons. The maximum atomic E-state index is 11.6. The number of aliphatic hydroxyl groups excluding tert-OH is 1. The number of hydrogen-bond acceptors (Lipinski definition) is 2. The summed E-state index contributed by atoms with van der Waals surface area (Å²) >= 11 is 3.41. The minimum atomic E-state index is -0.531. The average molecular weight is 284 g/mol. The lowest BCUT2D eigenvalue weighted by Crippen LogP contribution is -2.09. The Morgan fingerprint density at radius 2 is 2.25 bits per heavy atom. The average Bonchev–Trinajstić information content (AvgIpc) is 2.54. The second-order valence-electron chi connectivity index (χ2n) is 4.09. The van der Waals surface area contributed by atoms with E-state index in [0.29, 0.717) is 6.42 Å². The lowest BCUT2D eigenvalue weighted by Gasteiger charge is -2.14. The second kappa shape index (κ2) is 4.18. The lowest BCUT2D eigenvalue weighted by atomic mass is 9.97. The molecule has 86 valence electrons. The van der Waals surface area contributed by atoms with Gasteiger partial charge in [0.1, 0.15) is 0 Å². The van der Waals surface area contributed by atoms with Crippen molar-refractivity contribution in [1.29, 1.82) is 0 Å². The van der Waals surface area contributed by atoms with Gasteiger partial charge in [0, 0.05) is 10.0 Å². The fourth-order valence-electron chi connectivity index (χ4n) is 1.99. The summed E-state index contributed by atoms with van der Waals surface area (Å²) in [6.45, 7) is 3.79. The van der Waals surface area contributed by atoms with Crippen molar-refractivity contribution in [1.82, 2.24) is 0 Å². The Bertz CT molecular complexity index is 445. The standard InChI is InChI=1S/C12H14BrNO2/c1-3-10(15)9-5-7(13)4-8-6(2)12(16)14-11(8)9/h4-6,10,15H,3H2,1-2H3,(H,14,16). The van der Waals surface area contributed by atoms with Crippen molar-refractivity contribution in [2.75, 3.05) is 5.32 Å². The van der Waals surface area contributed by atoms with Crippen LogP contribution >= 0.6 is 15.9 Å². The van der Waals surface area contributed by atoms with Crippen molar-refractivity contribution in [3.63, 3.8) is 0 Å². The van der Waals surface area contributed by atoms with Crippen LogP contribution in [0.2, 0.25) is 0 Å². The Balaban J connectivity index is 2.57. The van der Waals surface area contributed by atoms with E-state index < -0.39 is 6.10 Å². The number of amides is 1. The van der Waals surface area contributed by atoms with Crippen LogP contribution in [-0.4, -0.2) is 11.0 Å². The molecule has 16 heavy (non-hydrogen) atoms. The minimum Gasteiger partial charge on any atom is -0.388 e. The molecule has 2 unspecified atom stereocenters. The van der Waals surface area contributed by atoms with Gasteiger partial charge in [-0.2, -0.15) is 0 Å². The molecule has 0 fully saturated rings. The first kappa shape index (κ1) is 11.6. The Hall–Kier alpha value is -0.870. The molecule has 1 aliphatic heterocycles. The maximum absolute atomic E-state index is 11.6. The Morgan fingerprint density at radius 1 is 1.56 bits per heavy atom. The van der Waals surface area contributed by atoms with Crippen molar-refractivity contribution in [3.8, 4) is 0 Å². The van der Waals surface area contributed by atoms with E-state index in [9.17, 15) is 9.90 Å². The van der Waals surface area contributed by atoms with Crippen LogP contribution in [0.3, 0.4) is 0 Å². The van der Waals surface area contributed by atoms with E-state index in [1.54, 1.807) is 0 Å². The number of carbonyl (C=O) groups is 1. The van der Waals surface area contributed by atoms with E-state index >= 15 is 0 Å². The summed E-state index contributed by atoms with van der Waals surface area (Å²) in [5, 5.41) is 12.8. The molecule has 0 spiro atoms. The van der Waals surface area contributed by atoms with Gasteiger partial charge in [0.25, 0.3) is 0 Å². The van der Waals surface area contributed by atoms with Gasteiger partial charge in [-0.3, -0.25) is 4.79 Å². The number of hydrogen-bond donors (Lipinski definition) is 2. The third-order valence-electron chi connectivity index (χ3n) is 3.02. The number of rotatable bonds is 2. The van der Waals surface area contributed by atoms with Crippen LogP contribution in [0.5, 0.6) is 0 Å². The molecule has 0 aliphatic carbocycles. The SMILES string of the molecule is CCC(O)c1cc(Br)cc2c1NC(=O)C2C. The number of nitrogens with one attached hydrogen (secondary N) is 1. The molecule has 0 bridgehead atoms. The molecule has 0 saturated carbocycles. The highest BCUT2D eigenvalue weighted by Crippen LogP contribution is 2.40. The van der Waals surface area contributed by atoms with Crippen molar-refractivity contribution in [3.05, 3.63) is 27.7 Å². The van der Waals surface area contributed by atoms with Gasteiger partial charge in [-0.1, -0.05) is 22.9 Å². The molecule has 1 heterocycles. The van der Waals surface area contributed by atoms with Crippen LogP contribution in [0, 0.1) is 0 Å². The molecule has 2 N–H and O–H groups in total. The second-order valence-corrected chi connectivity index (χ2v) is 5.01. The summed E-state index contributed by atoms with van der Waals surface area (Å²) in [5.74, 6) is -0.145. The number of carbonyl (C=O) groups excluding carboxylic acids is 1. The molecule has 1 aromatic rings. The summed E-state index contributed by atoms with van der Waals surface area (Å²) < 4.78 is 0.900. The quantitative estimate of drug-likeness (QED) is 0.877. The van der Waals surface area contributed by atoms with Gasteiger partial charge in [-0.25, -0.2) is 0 Å². The Morgan fingerprint density at radius 3 is 2.88 bits per heavy atom. The number of aliphatic hydroxyl groups is 1. The number of halogens is 1. The van der Waals surface area contributed by atoms with Gasteiger partial charge >= 0.3 is 0 Å². The van der Waals surface area contributed by atoms with Crippen molar-refractivity contribution in [2.45, 2.75) is 32.3 Å². The fourth-order valence-corrected chi connectivity index (χ4v) is 2.48. The van der Waals surface area contributed by atoms with E-state index in [1.165, 1.54) is 0 Å². The molecule has 3 nitrogen and oxygen atoms in total. The predicted molar refractivity (Wildman–Crippen MR) is 66.4 cm³/mol. The lowest BCUT2D eigenvalue weighted by molar-refractivity contribution is -0.116. The topological polar surface area (TPSA) is 49.3 Å². The van der Waals surface area contributed by atoms with Gasteiger partial charge < -0.3 is 10.4 Å². The first-order valence-corrected chi connectivity index (χ1v) is 6.16. The van der Waals surface area contributed by atoms with Gasteiger partial charge in [-0.05, 0) is 31.0 Å². The molecular weight excluding hydrogens is 270 g/mol. The summed E-state index contributed by atoms with van der Waals surface area (Å²) in [6, 6.07) is 3.80. The van der Waals surface area contributed by atoms with Crippen LogP contribution in [0.25, 0.3) is 0 Å². The Kier molecular flexibility index (Phi) is 3.04. The van der Waals surface area contributed by atoms with Gasteiger partial charge in [0.05, 0.1) is 17.7 Å². The first-order chi connectivity index (χ1) is 7.54. The highest BCUT2D eigenvalue weighted by molar-refractivity contribution is 9.10. The molecule has 1 aliphatic rings. The van der Waals surface area contributed by atoms with E-state index in [0.717, 1.165) is 21.3 Å². The van der Waals surface area contributed by atoms with Crippen LogP contribution in [-0.2, 0) is 4.79 Å². The molecule has 1 aromatic carbocycles. The van der Waals surface area contributed by atoms with E-state index in [-0.39, 0.29) is 11.8 Å². The molecule has 0 aromatic heterocycles. The van der Waals surface area contributed by atoms with E-state index in [2.05, 4.69) is 21.2 Å². The van der Waals surface area contributed by atoms with Crippen LogP contribution in [0.15, 0.2) is 16.6 Å². The van der Waals surface area contributed by atoms with Crippen molar-refractivity contribution < 1.29 is 9.90 Å². The Labute approximate surface area is 103 Å². The zero-order chi connectivity index (χ0) is 11.9. The summed E-state index contributed by atoms with van der Waals surface area (Å²) in [7, 11) is 0. The number of fused-ring (bicyclic) bond motifs is 1. The van der Waals surface area contributed by atoms with Crippen LogP contribution < -0.4 is 5.32 Å². The van der Waals surface area contributed by atoms with Gasteiger partial charge in [-0.15, -0.1) is 0 Å². The summed E-state index contributed by atoms with van der Waals surface area (Å²) in [5.41, 5.74) is 2.54. The van der Waals surface area contributed by atoms with E-state index in [1.807, 2.05) is 26.0 Å². The minimum absolute atomic E-state index is 0.00217. The number of anilines is 1. The largest absolute Gasteiger partial charge is 0.388 e. The summed E-state index contributed by atoms with van der Waals surface area (Å²) in [6.07, 6.45) is 0.101. The molecular formula is C12H14BrNO2. The van der Waals surface area contributed by atoms with Gasteiger partial charge in [0.2, 0.25) is 5.91 Å². The number of benzene rings is 1. The highest BCUT2D eigenvalue weighted by Gasteiger charge is 2.30. The summed E-state index contributed by atoms with van der Waals surface area (Å²) in [4.78, 5) is 11.6. The molecule has 0 saturated heterocycles. The van der Waals surface area contributed by atoms with Gasteiger partial charge in [0.15, 0.2) is 0 Å². The molecule has 1 amide bonds. The third-order valence-corrected chi connectivity index (χ3v) is 3.48. The normalized spacial score (nSPS) is 20.5. The highest BCUT2D eigenvalue weighted by atomic mass is 79.9. The van der Waals surface area contributed by atoms with E-state index in [4.69, 9.17) is 0 Å². The molecule has 4 heteroatoms. The third kappa shape index (κ3) is 1.76. The monoisotopic (exact) mass is 283 g/mol. The zero-order valence-electron chi connectivity index (χ0n) is 9.25. The smallest absolute Gasteiger partial charge is 0.231 e. The predicted octanol–water partition coefficient (Wildman–Crippen LogP) is 2.95. The van der Waals surface area contributed by atoms with Crippen molar-refractivity contribution >= 4 is 27.5 Å².